The molecule has 0 atom stereocenters. The minimum absolute atomic E-state index is 0.0117. The number of carbonyl (C=O) groups excluding carboxylic acids is 1. The van der Waals surface area contributed by atoms with Crippen molar-refractivity contribution in [3.05, 3.63) is 28.2 Å². The number of nitrogens with one attached hydrogen (secondary N) is 1. The molecule has 1 aromatic heterocycles. The molecule has 1 aromatic rings. The maximum Gasteiger partial charge on any atom is 0.272 e. The van der Waals surface area contributed by atoms with Gasteiger partial charge in [0.1, 0.15) is 5.69 Å². The molecular formula is C16H21N3O2. The lowest BCUT2D eigenvalue weighted by molar-refractivity contribution is -0.0168. The minimum atomic E-state index is -0.193. The van der Waals surface area contributed by atoms with E-state index in [4.69, 9.17) is 0 Å². The molecule has 21 heavy (non-hydrogen) atoms. The Balaban J connectivity index is 1.56. The molecule has 1 N–H and O–H groups in total. The van der Waals surface area contributed by atoms with Crippen molar-refractivity contribution in [3.8, 4) is 0 Å². The summed E-state index contributed by atoms with van der Waals surface area (Å²) in [6, 6.07) is 2.93. The molecule has 4 aliphatic carbocycles. The fraction of sp³-hybridized carbons (Fsp3) is 0.688. The molecular weight excluding hydrogens is 266 g/mol. The van der Waals surface area contributed by atoms with Crippen molar-refractivity contribution in [1.82, 2.24) is 15.1 Å². The van der Waals surface area contributed by atoms with Crippen molar-refractivity contribution in [3.63, 3.8) is 0 Å². The fourth-order valence-corrected chi connectivity index (χ4v) is 5.19. The first-order valence-corrected chi connectivity index (χ1v) is 7.90. The molecule has 5 nitrogen and oxygen atoms in total. The molecule has 0 spiro atoms. The summed E-state index contributed by atoms with van der Waals surface area (Å²) in [7, 11) is 1.57. The minimum Gasteiger partial charge on any atom is -0.345 e. The van der Waals surface area contributed by atoms with Crippen LogP contribution in [0.2, 0.25) is 0 Å². The molecule has 1 heterocycles. The summed E-state index contributed by atoms with van der Waals surface area (Å²) < 4.78 is 1.22. The number of aromatic nitrogens is 2. The van der Waals surface area contributed by atoms with Crippen LogP contribution < -0.4 is 10.9 Å². The van der Waals surface area contributed by atoms with Crippen molar-refractivity contribution in [2.75, 3.05) is 0 Å². The summed E-state index contributed by atoms with van der Waals surface area (Å²) in [5, 5.41) is 7.33. The first-order chi connectivity index (χ1) is 10.0. The third kappa shape index (κ3) is 2.19. The van der Waals surface area contributed by atoms with Gasteiger partial charge >= 0.3 is 0 Å². The third-order valence-electron chi connectivity index (χ3n) is 5.61. The maximum absolute atomic E-state index is 12.5. The predicted molar refractivity (Wildman–Crippen MR) is 77.8 cm³/mol. The lowest BCUT2D eigenvalue weighted by Gasteiger charge is -2.56. The van der Waals surface area contributed by atoms with E-state index in [1.54, 1.807) is 7.05 Å². The van der Waals surface area contributed by atoms with E-state index in [0.29, 0.717) is 5.69 Å². The Labute approximate surface area is 123 Å². The second-order valence-corrected chi connectivity index (χ2v) is 7.33. The van der Waals surface area contributed by atoms with Gasteiger partial charge in [0.05, 0.1) is 0 Å². The molecule has 4 bridgehead atoms. The summed E-state index contributed by atoms with van der Waals surface area (Å²) in [6.07, 6.45) is 7.43. The molecule has 1 amide bonds. The Bertz CT molecular complexity index is 614. The molecule has 4 saturated carbocycles. The molecule has 4 aliphatic rings. The number of aryl methyl sites for hydroxylation is 1. The van der Waals surface area contributed by atoms with Gasteiger partial charge in [0, 0.05) is 18.7 Å². The summed E-state index contributed by atoms with van der Waals surface area (Å²) in [6.45, 7) is 0. The van der Waals surface area contributed by atoms with Crippen LogP contribution in [0, 0.1) is 17.8 Å². The average Bonchev–Trinajstić information content (AvgIpc) is 2.39. The Morgan fingerprint density at radius 2 is 1.76 bits per heavy atom. The van der Waals surface area contributed by atoms with E-state index in [1.807, 2.05) is 0 Å². The standard InChI is InChI=1S/C16H21N3O2/c1-19-14(20)3-2-13(18-19)15(21)17-16-7-10-4-11(8-16)6-12(5-10)9-16/h2-3,10-12H,4-9H2,1H3,(H,17,21). The van der Waals surface area contributed by atoms with Gasteiger partial charge in [-0.2, -0.15) is 5.10 Å². The van der Waals surface area contributed by atoms with E-state index in [-0.39, 0.29) is 17.0 Å². The van der Waals surface area contributed by atoms with E-state index in [0.717, 1.165) is 37.0 Å². The van der Waals surface area contributed by atoms with Gasteiger partial charge in [0.15, 0.2) is 0 Å². The number of nitrogens with zero attached hydrogens (tertiary/aromatic N) is 2. The van der Waals surface area contributed by atoms with E-state index in [1.165, 1.54) is 36.1 Å². The van der Waals surface area contributed by atoms with Gasteiger partial charge in [-0.25, -0.2) is 4.68 Å². The zero-order valence-corrected chi connectivity index (χ0v) is 12.3. The number of hydrogen-bond donors (Lipinski definition) is 1. The Hall–Kier alpha value is -1.65. The maximum atomic E-state index is 12.5. The molecule has 0 unspecified atom stereocenters. The first-order valence-electron chi connectivity index (χ1n) is 7.90. The van der Waals surface area contributed by atoms with Crippen LogP contribution in [0.3, 0.4) is 0 Å². The predicted octanol–water partition coefficient (Wildman–Crippen LogP) is 1.48. The first kappa shape index (κ1) is 13.0. The number of carbonyl (C=O) groups is 1. The number of amides is 1. The quantitative estimate of drug-likeness (QED) is 0.896. The van der Waals surface area contributed by atoms with Crippen LogP contribution in [0.1, 0.15) is 49.0 Å². The van der Waals surface area contributed by atoms with Crippen LogP contribution in [0.25, 0.3) is 0 Å². The van der Waals surface area contributed by atoms with Gasteiger partial charge in [-0.15, -0.1) is 0 Å². The average molecular weight is 287 g/mol. The lowest BCUT2D eigenvalue weighted by Crippen LogP contribution is -2.60. The number of hydrogen-bond acceptors (Lipinski definition) is 3. The molecule has 0 saturated heterocycles. The molecule has 4 fully saturated rings. The highest BCUT2D eigenvalue weighted by molar-refractivity contribution is 5.92. The summed E-state index contributed by atoms with van der Waals surface area (Å²) >= 11 is 0. The third-order valence-corrected chi connectivity index (χ3v) is 5.61. The van der Waals surface area contributed by atoms with Gasteiger partial charge in [-0.1, -0.05) is 0 Å². The highest BCUT2D eigenvalue weighted by atomic mass is 16.2. The monoisotopic (exact) mass is 287 g/mol. The van der Waals surface area contributed by atoms with Crippen molar-refractivity contribution in [2.45, 2.75) is 44.1 Å². The van der Waals surface area contributed by atoms with Crippen LogP contribution in [0.5, 0.6) is 0 Å². The van der Waals surface area contributed by atoms with Crippen LogP contribution in [0.15, 0.2) is 16.9 Å². The normalized spacial score (nSPS) is 36.7. The molecule has 5 rings (SSSR count). The zero-order valence-electron chi connectivity index (χ0n) is 12.3. The Morgan fingerprint density at radius 3 is 2.29 bits per heavy atom. The Kier molecular flexibility index (Phi) is 2.75. The van der Waals surface area contributed by atoms with Crippen LogP contribution in [-0.2, 0) is 7.05 Å². The van der Waals surface area contributed by atoms with E-state index in [9.17, 15) is 9.59 Å². The highest BCUT2D eigenvalue weighted by Crippen LogP contribution is 2.55. The SMILES string of the molecule is Cn1nc(C(=O)NC23CC4CC(CC(C4)C2)C3)ccc1=O. The summed E-state index contributed by atoms with van der Waals surface area (Å²) in [4.78, 5) is 23.9. The van der Waals surface area contributed by atoms with Crippen molar-refractivity contribution >= 4 is 5.91 Å². The van der Waals surface area contributed by atoms with Crippen LogP contribution in [-0.4, -0.2) is 21.2 Å². The lowest BCUT2D eigenvalue weighted by atomic mass is 9.53. The van der Waals surface area contributed by atoms with Crippen molar-refractivity contribution in [1.29, 1.82) is 0 Å². The van der Waals surface area contributed by atoms with Crippen LogP contribution in [0.4, 0.5) is 0 Å². The summed E-state index contributed by atoms with van der Waals surface area (Å²) in [5.41, 5.74) is 0.136. The van der Waals surface area contributed by atoms with Crippen molar-refractivity contribution in [2.24, 2.45) is 24.8 Å². The van der Waals surface area contributed by atoms with E-state index < -0.39 is 0 Å². The van der Waals surface area contributed by atoms with Gasteiger partial charge in [-0.3, -0.25) is 9.59 Å². The number of rotatable bonds is 2. The topological polar surface area (TPSA) is 64.0 Å². The fourth-order valence-electron chi connectivity index (χ4n) is 5.19. The van der Waals surface area contributed by atoms with Crippen molar-refractivity contribution < 1.29 is 4.79 Å². The van der Waals surface area contributed by atoms with Gasteiger partial charge < -0.3 is 5.32 Å². The van der Waals surface area contributed by atoms with E-state index >= 15 is 0 Å². The van der Waals surface area contributed by atoms with Crippen LogP contribution >= 0.6 is 0 Å². The molecule has 5 heteroatoms. The molecule has 0 radical (unpaired) electrons. The smallest absolute Gasteiger partial charge is 0.272 e. The summed E-state index contributed by atoms with van der Waals surface area (Å²) in [5.74, 6) is 2.26. The van der Waals surface area contributed by atoms with E-state index in [2.05, 4.69) is 10.4 Å². The molecule has 112 valence electrons. The second kappa shape index (κ2) is 4.42. The Morgan fingerprint density at radius 1 is 1.19 bits per heavy atom. The van der Waals surface area contributed by atoms with Gasteiger partial charge in [0.25, 0.3) is 11.5 Å². The second-order valence-electron chi connectivity index (χ2n) is 7.33. The highest BCUT2D eigenvalue weighted by Gasteiger charge is 2.51. The molecule has 0 aliphatic heterocycles. The van der Waals surface area contributed by atoms with Gasteiger partial charge in [0.2, 0.25) is 0 Å². The van der Waals surface area contributed by atoms with Gasteiger partial charge in [-0.05, 0) is 62.3 Å². The largest absolute Gasteiger partial charge is 0.345 e. The zero-order chi connectivity index (χ0) is 14.6. The molecule has 0 aromatic carbocycles.